The van der Waals surface area contributed by atoms with Crippen LogP contribution in [0.25, 0.3) is 0 Å². The molecule has 1 rings (SSSR count). The van der Waals surface area contributed by atoms with Crippen molar-refractivity contribution in [3.63, 3.8) is 0 Å². The van der Waals surface area contributed by atoms with E-state index in [0.29, 0.717) is 17.0 Å². The molecule has 1 aliphatic carbocycles. The van der Waals surface area contributed by atoms with Crippen molar-refractivity contribution in [2.75, 3.05) is 0 Å². The fraction of sp³-hybridized carbons (Fsp3) is 0.600. The van der Waals surface area contributed by atoms with E-state index in [2.05, 4.69) is 5.32 Å². The molecule has 0 bridgehead atoms. The quantitative estimate of drug-likeness (QED) is 0.861. The zero-order valence-electron chi connectivity index (χ0n) is 12.2. The number of carbonyl (C=O) groups is 2. The molecule has 0 aromatic heterocycles. The molecule has 0 saturated carbocycles. The number of carbonyl (C=O) groups excluding carboxylic acids is 2. The lowest BCUT2D eigenvalue weighted by Gasteiger charge is -2.30. The van der Waals surface area contributed by atoms with E-state index in [1.165, 1.54) is 0 Å². The third-order valence-corrected chi connectivity index (χ3v) is 3.54. The van der Waals surface area contributed by atoms with Crippen LogP contribution in [0, 0.1) is 11.3 Å². The number of nitrogens with one attached hydrogen (secondary N) is 1. The molecule has 0 saturated heterocycles. The van der Waals surface area contributed by atoms with Gasteiger partial charge in [0.05, 0.1) is 5.41 Å². The summed E-state index contributed by atoms with van der Waals surface area (Å²) in [7, 11) is 0. The number of hydrogen-bond acceptors (Lipinski definition) is 2. The van der Waals surface area contributed by atoms with Crippen LogP contribution < -0.4 is 5.32 Å². The van der Waals surface area contributed by atoms with E-state index in [1.807, 2.05) is 34.6 Å². The summed E-state index contributed by atoms with van der Waals surface area (Å²) in [5.74, 6) is -0.178. The van der Waals surface area contributed by atoms with E-state index in [-0.39, 0.29) is 23.7 Å². The van der Waals surface area contributed by atoms with Gasteiger partial charge in [-0.1, -0.05) is 31.5 Å². The highest BCUT2D eigenvalue weighted by Crippen LogP contribution is 2.37. The van der Waals surface area contributed by atoms with Crippen molar-refractivity contribution in [1.29, 1.82) is 0 Å². The average Bonchev–Trinajstić information content (AvgIpc) is 2.30. The van der Waals surface area contributed by atoms with E-state index in [9.17, 15) is 9.59 Å². The normalized spacial score (nSPS) is 23.2. The van der Waals surface area contributed by atoms with Crippen LogP contribution >= 0.6 is 11.6 Å². The molecule has 0 heterocycles. The first-order valence-corrected chi connectivity index (χ1v) is 6.98. The molecule has 0 aliphatic heterocycles. The Hall–Kier alpha value is -1.09. The van der Waals surface area contributed by atoms with Gasteiger partial charge >= 0.3 is 0 Å². The lowest BCUT2D eigenvalue weighted by Crippen LogP contribution is -2.42. The maximum absolute atomic E-state index is 12.2. The van der Waals surface area contributed by atoms with Crippen LogP contribution in [0.4, 0.5) is 0 Å². The predicted octanol–water partition coefficient (Wildman–Crippen LogP) is 3.20. The van der Waals surface area contributed by atoms with Gasteiger partial charge in [0.25, 0.3) is 0 Å². The molecule has 1 aliphatic rings. The number of hydrogen-bond donors (Lipinski definition) is 1. The monoisotopic (exact) mass is 283 g/mol. The Kier molecular flexibility index (Phi) is 4.97. The highest BCUT2D eigenvalue weighted by Gasteiger charge is 2.36. The van der Waals surface area contributed by atoms with Crippen LogP contribution in [0.5, 0.6) is 0 Å². The van der Waals surface area contributed by atoms with Gasteiger partial charge in [0, 0.05) is 22.6 Å². The van der Waals surface area contributed by atoms with E-state index in [4.69, 9.17) is 11.6 Å². The van der Waals surface area contributed by atoms with Gasteiger partial charge in [0.2, 0.25) is 5.91 Å². The molecule has 0 aromatic carbocycles. The van der Waals surface area contributed by atoms with Crippen LogP contribution in [0.15, 0.2) is 22.8 Å². The molecule has 1 amide bonds. The highest BCUT2D eigenvalue weighted by molar-refractivity contribution is 6.34. The zero-order valence-corrected chi connectivity index (χ0v) is 13.0. The Bertz CT molecular complexity index is 449. The topological polar surface area (TPSA) is 46.2 Å². The first kappa shape index (κ1) is 16.0. The first-order chi connectivity index (χ1) is 8.67. The minimum atomic E-state index is -0.706. The largest absolute Gasteiger partial charge is 0.353 e. The Morgan fingerprint density at radius 1 is 1.32 bits per heavy atom. The SMILES string of the molecule is CC(C)NC(=O)C1(C)C=CC(Cl)=C(C(=O)C(C)C)C1. The van der Waals surface area contributed by atoms with Crippen molar-refractivity contribution in [2.45, 2.75) is 47.1 Å². The fourth-order valence-corrected chi connectivity index (χ4v) is 2.23. The predicted molar refractivity (Wildman–Crippen MR) is 77.9 cm³/mol. The van der Waals surface area contributed by atoms with Crippen LogP contribution in [0.2, 0.25) is 0 Å². The molecule has 0 spiro atoms. The molecule has 3 nitrogen and oxygen atoms in total. The van der Waals surface area contributed by atoms with Gasteiger partial charge in [-0.15, -0.1) is 0 Å². The Labute approximate surface area is 120 Å². The minimum Gasteiger partial charge on any atom is -0.353 e. The highest BCUT2D eigenvalue weighted by atomic mass is 35.5. The number of allylic oxidation sites excluding steroid dienone is 3. The molecular formula is C15H22ClNO2. The summed E-state index contributed by atoms with van der Waals surface area (Å²) in [6.07, 6.45) is 3.81. The number of Topliss-reactive ketones (excluding diaryl/α,β-unsaturated/α-hetero) is 1. The van der Waals surface area contributed by atoms with Crippen molar-refractivity contribution in [2.24, 2.45) is 11.3 Å². The molecule has 0 fully saturated rings. The van der Waals surface area contributed by atoms with Gasteiger partial charge in [0.15, 0.2) is 5.78 Å². The second-order valence-corrected chi connectivity index (χ2v) is 6.31. The molecule has 4 heteroatoms. The van der Waals surface area contributed by atoms with Crippen LogP contribution in [-0.2, 0) is 9.59 Å². The molecule has 106 valence electrons. The standard InChI is InChI=1S/C15H22ClNO2/c1-9(2)13(18)11-8-15(5,7-6-12(11)16)14(19)17-10(3)4/h6-7,9-10H,8H2,1-5H3,(H,17,19). The third-order valence-electron chi connectivity index (χ3n) is 3.19. The molecular weight excluding hydrogens is 262 g/mol. The zero-order chi connectivity index (χ0) is 14.8. The molecule has 19 heavy (non-hydrogen) atoms. The lowest BCUT2D eigenvalue weighted by molar-refractivity contribution is -0.128. The Morgan fingerprint density at radius 2 is 1.89 bits per heavy atom. The fourth-order valence-electron chi connectivity index (χ4n) is 2.00. The number of ketones is 1. The number of halogens is 1. The van der Waals surface area contributed by atoms with Gasteiger partial charge in [0.1, 0.15) is 0 Å². The maximum Gasteiger partial charge on any atom is 0.230 e. The van der Waals surface area contributed by atoms with Gasteiger partial charge in [-0.3, -0.25) is 9.59 Å². The second kappa shape index (κ2) is 5.91. The second-order valence-electron chi connectivity index (χ2n) is 5.90. The third kappa shape index (κ3) is 3.69. The van der Waals surface area contributed by atoms with Gasteiger partial charge in [-0.2, -0.15) is 0 Å². The van der Waals surface area contributed by atoms with E-state index < -0.39 is 5.41 Å². The average molecular weight is 284 g/mol. The first-order valence-electron chi connectivity index (χ1n) is 6.60. The van der Waals surface area contributed by atoms with Crippen molar-refractivity contribution >= 4 is 23.3 Å². The molecule has 1 unspecified atom stereocenters. The van der Waals surface area contributed by atoms with E-state index in [0.717, 1.165) is 0 Å². The van der Waals surface area contributed by atoms with Gasteiger partial charge < -0.3 is 5.32 Å². The minimum absolute atomic E-state index is 0.0120. The Balaban J connectivity index is 2.99. The van der Waals surface area contributed by atoms with Crippen LogP contribution in [0.3, 0.4) is 0 Å². The smallest absolute Gasteiger partial charge is 0.230 e. The summed E-state index contributed by atoms with van der Waals surface area (Å²) in [6.45, 7) is 9.33. The van der Waals surface area contributed by atoms with Crippen molar-refractivity contribution in [3.05, 3.63) is 22.8 Å². The number of rotatable bonds is 4. The van der Waals surface area contributed by atoms with Crippen molar-refractivity contribution in [1.82, 2.24) is 5.32 Å². The van der Waals surface area contributed by atoms with Crippen LogP contribution in [0.1, 0.15) is 41.0 Å². The van der Waals surface area contributed by atoms with Crippen molar-refractivity contribution < 1.29 is 9.59 Å². The Morgan fingerprint density at radius 3 is 2.37 bits per heavy atom. The summed E-state index contributed by atoms with van der Waals surface area (Å²) in [6, 6.07) is 0.0725. The molecule has 1 atom stereocenters. The van der Waals surface area contributed by atoms with Gasteiger partial charge in [-0.05, 0) is 33.3 Å². The summed E-state index contributed by atoms with van der Waals surface area (Å²) in [5, 5.41) is 3.34. The van der Waals surface area contributed by atoms with E-state index in [1.54, 1.807) is 12.2 Å². The summed E-state index contributed by atoms with van der Waals surface area (Å²) < 4.78 is 0. The number of amides is 1. The summed E-state index contributed by atoms with van der Waals surface area (Å²) in [4.78, 5) is 24.4. The lowest BCUT2D eigenvalue weighted by atomic mass is 9.76. The molecule has 1 N–H and O–H groups in total. The summed E-state index contributed by atoms with van der Waals surface area (Å²) >= 11 is 6.10. The molecule has 0 aromatic rings. The van der Waals surface area contributed by atoms with Crippen LogP contribution in [-0.4, -0.2) is 17.7 Å². The van der Waals surface area contributed by atoms with Gasteiger partial charge in [-0.25, -0.2) is 0 Å². The summed E-state index contributed by atoms with van der Waals surface area (Å²) in [5.41, 5.74) is -0.150. The van der Waals surface area contributed by atoms with Crippen molar-refractivity contribution in [3.8, 4) is 0 Å². The molecule has 0 radical (unpaired) electrons. The maximum atomic E-state index is 12.2. The van der Waals surface area contributed by atoms with E-state index >= 15 is 0 Å².